The van der Waals surface area contributed by atoms with Crippen molar-refractivity contribution in [1.82, 2.24) is 4.98 Å². The molecule has 0 aliphatic rings. The molecular weight excluding hydrogens is 327 g/mol. The summed E-state index contributed by atoms with van der Waals surface area (Å²) in [6, 6.07) is 5.11. The molecule has 25 heavy (non-hydrogen) atoms. The zero-order chi connectivity index (χ0) is 18.8. The third kappa shape index (κ3) is 4.53. The van der Waals surface area contributed by atoms with Crippen molar-refractivity contribution in [3.05, 3.63) is 53.1 Å². The topological polar surface area (TPSA) is 99.5 Å². The zero-order valence-electron chi connectivity index (χ0n) is 14.1. The smallest absolute Gasteiger partial charge is 0.354 e. The molecule has 2 rings (SSSR count). The maximum atomic E-state index is 14.3. The SMILES string of the molecule is CC(C)(C)c1cc(F)c(CC(=O)Nc2ccnc(C(=O)O)c2)cc1O. The van der Waals surface area contributed by atoms with Gasteiger partial charge in [0.1, 0.15) is 17.3 Å². The number of carbonyl (C=O) groups is 2. The number of aromatic carboxylic acids is 1. The van der Waals surface area contributed by atoms with Gasteiger partial charge in [-0.3, -0.25) is 4.79 Å². The Kier molecular flexibility index (Phi) is 5.06. The van der Waals surface area contributed by atoms with Crippen LogP contribution in [-0.4, -0.2) is 27.1 Å². The molecule has 6 nitrogen and oxygen atoms in total. The first-order valence-electron chi connectivity index (χ1n) is 7.59. The summed E-state index contributed by atoms with van der Waals surface area (Å²) in [5.41, 5.74) is 0.102. The Morgan fingerprint density at radius 3 is 2.52 bits per heavy atom. The molecule has 0 aliphatic heterocycles. The van der Waals surface area contributed by atoms with Crippen LogP contribution < -0.4 is 5.32 Å². The van der Waals surface area contributed by atoms with E-state index in [0.29, 0.717) is 5.56 Å². The van der Waals surface area contributed by atoms with Gasteiger partial charge in [0, 0.05) is 23.0 Å². The van der Waals surface area contributed by atoms with Crippen molar-refractivity contribution in [3.63, 3.8) is 0 Å². The first-order chi connectivity index (χ1) is 11.6. The second-order valence-corrected chi connectivity index (χ2v) is 6.67. The lowest BCUT2D eigenvalue weighted by atomic mass is 9.85. The molecule has 132 valence electrons. The molecule has 1 amide bonds. The molecule has 0 unspecified atom stereocenters. The third-order valence-electron chi connectivity index (χ3n) is 3.59. The molecule has 1 heterocycles. The predicted octanol–water partition coefficient (Wildman–Crippen LogP) is 3.10. The quantitative estimate of drug-likeness (QED) is 0.790. The number of nitrogens with one attached hydrogen (secondary N) is 1. The highest BCUT2D eigenvalue weighted by molar-refractivity contribution is 5.94. The number of rotatable bonds is 4. The summed E-state index contributed by atoms with van der Waals surface area (Å²) >= 11 is 0. The maximum Gasteiger partial charge on any atom is 0.354 e. The molecule has 0 fully saturated rings. The first-order valence-corrected chi connectivity index (χ1v) is 7.59. The van der Waals surface area contributed by atoms with Gasteiger partial charge in [-0.25, -0.2) is 14.2 Å². The molecule has 0 saturated heterocycles. The van der Waals surface area contributed by atoms with Crippen LogP contribution in [0.15, 0.2) is 30.5 Å². The standard InChI is InChI=1S/C18H19FN2O4/c1-18(2,3)12-9-13(19)10(6-15(12)22)7-16(23)21-11-4-5-20-14(8-11)17(24)25/h4-6,8-9,22H,7H2,1-3H3,(H,24,25)(H,20,21,23). The minimum Gasteiger partial charge on any atom is -0.508 e. The average molecular weight is 346 g/mol. The van der Waals surface area contributed by atoms with Gasteiger partial charge < -0.3 is 15.5 Å². The van der Waals surface area contributed by atoms with Crippen molar-refractivity contribution in [1.29, 1.82) is 0 Å². The van der Waals surface area contributed by atoms with Gasteiger partial charge in [-0.2, -0.15) is 0 Å². The number of anilines is 1. The minimum absolute atomic E-state index is 0.0514. The van der Waals surface area contributed by atoms with Gasteiger partial charge in [0.25, 0.3) is 0 Å². The number of hydrogen-bond donors (Lipinski definition) is 3. The summed E-state index contributed by atoms with van der Waals surface area (Å²) in [5, 5.41) is 21.5. The van der Waals surface area contributed by atoms with E-state index in [9.17, 15) is 19.1 Å². The number of phenolic OH excluding ortho intramolecular Hbond substituents is 1. The van der Waals surface area contributed by atoms with Crippen molar-refractivity contribution in [3.8, 4) is 5.75 Å². The van der Waals surface area contributed by atoms with Crippen LogP contribution in [0.2, 0.25) is 0 Å². The Hall–Kier alpha value is -2.96. The summed E-state index contributed by atoms with van der Waals surface area (Å²) in [4.78, 5) is 26.6. The van der Waals surface area contributed by atoms with Crippen LogP contribution in [-0.2, 0) is 16.6 Å². The van der Waals surface area contributed by atoms with Crippen LogP contribution in [0.4, 0.5) is 10.1 Å². The van der Waals surface area contributed by atoms with Gasteiger partial charge in [-0.15, -0.1) is 0 Å². The van der Waals surface area contributed by atoms with E-state index < -0.39 is 23.1 Å². The lowest BCUT2D eigenvalue weighted by Crippen LogP contribution is -2.17. The molecule has 1 aromatic carbocycles. The minimum atomic E-state index is -1.22. The Labute approximate surface area is 144 Å². The highest BCUT2D eigenvalue weighted by atomic mass is 19.1. The number of amides is 1. The summed E-state index contributed by atoms with van der Waals surface area (Å²) in [5.74, 6) is -2.42. The molecule has 0 bridgehead atoms. The average Bonchev–Trinajstić information content (AvgIpc) is 2.49. The van der Waals surface area contributed by atoms with Crippen molar-refractivity contribution >= 4 is 17.6 Å². The number of phenols is 1. The van der Waals surface area contributed by atoms with E-state index in [0.717, 1.165) is 0 Å². The van der Waals surface area contributed by atoms with Crippen molar-refractivity contribution in [2.24, 2.45) is 0 Å². The van der Waals surface area contributed by atoms with Crippen LogP contribution in [0.25, 0.3) is 0 Å². The van der Waals surface area contributed by atoms with E-state index in [1.807, 2.05) is 20.8 Å². The zero-order valence-corrected chi connectivity index (χ0v) is 14.1. The fraction of sp³-hybridized carbons (Fsp3) is 0.278. The van der Waals surface area contributed by atoms with Crippen LogP contribution in [0.1, 0.15) is 42.4 Å². The Morgan fingerprint density at radius 1 is 1.24 bits per heavy atom. The van der Waals surface area contributed by atoms with E-state index in [2.05, 4.69) is 10.3 Å². The Morgan fingerprint density at radius 2 is 1.92 bits per heavy atom. The van der Waals surface area contributed by atoms with Crippen molar-refractivity contribution < 1.29 is 24.2 Å². The largest absolute Gasteiger partial charge is 0.508 e. The van der Waals surface area contributed by atoms with Crippen molar-refractivity contribution in [2.75, 3.05) is 5.32 Å². The van der Waals surface area contributed by atoms with Gasteiger partial charge in [-0.1, -0.05) is 20.8 Å². The molecule has 0 saturated carbocycles. The fourth-order valence-electron chi connectivity index (χ4n) is 2.34. The van der Waals surface area contributed by atoms with E-state index in [-0.39, 0.29) is 29.1 Å². The Bertz CT molecular complexity index is 828. The molecule has 3 N–H and O–H groups in total. The summed E-state index contributed by atoms with van der Waals surface area (Å²) in [6.45, 7) is 5.53. The fourth-order valence-corrected chi connectivity index (χ4v) is 2.34. The van der Waals surface area contributed by atoms with Crippen LogP contribution >= 0.6 is 0 Å². The van der Waals surface area contributed by atoms with Gasteiger partial charge in [-0.05, 0) is 29.7 Å². The van der Waals surface area contributed by atoms with Crippen LogP contribution in [0.3, 0.4) is 0 Å². The lowest BCUT2D eigenvalue weighted by molar-refractivity contribution is -0.115. The summed E-state index contributed by atoms with van der Waals surface area (Å²) in [7, 11) is 0. The van der Waals surface area contributed by atoms with E-state index >= 15 is 0 Å². The number of carboxylic acids is 1. The highest BCUT2D eigenvalue weighted by Gasteiger charge is 2.21. The van der Waals surface area contributed by atoms with Gasteiger partial charge in [0.05, 0.1) is 6.42 Å². The Balaban J connectivity index is 2.17. The second kappa shape index (κ2) is 6.88. The van der Waals surface area contributed by atoms with Gasteiger partial charge >= 0.3 is 5.97 Å². The normalized spacial score (nSPS) is 11.2. The number of benzene rings is 1. The molecule has 1 aromatic heterocycles. The number of nitrogens with zero attached hydrogens (tertiary/aromatic N) is 1. The molecule has 2 aromatic rings. The number of hydrogen-bond acceptors (Lipinski definition) is 4. The van der Waals surface area contributed by atoms with Crippen LogP contribution in [0.5, 0.6) is 5.75 Å². The number of aromatic nitrogens is 1. The monoisotopic (exact) mass is 346 g/mol. The summed E-state index contributed by atoms with van der Waals surface area (Å²) < 4.78 is 14.3. The number of halogens is 1. The van der Waals surface area contributed by atoms with Crippen molar-refractivity contribution in [2.45, 2.75) is 32.6 Å². The molecule has 0 spiro atoms. The number of pyridine rings is 1. The highest BCUT2D eigenvalue weighted by Crippen LogP contribution is 2.32. The lowest BCUT2D eigenvalue weighted by Gasteiger charge is -2.21. The first kappa shape index (κ1) is 18.4. The molecule has 0 aliphatic carbocycles. The number of aromatic hydroxyl groups is 1. The maximum absolute atomic E-state index is 14.3. The van der Waals surface area contributed by atoms with Crippen LogP contribution in [0, 0.1) is 5.82 Å². The molecule has 7 heteroatoms. The number of carboxylic acid groups (broad SMARTS) is 1. The predicted molar refractivity (Wildman–Crippen MR) is 90.3 cm³/mol. The van der Waals surface area contributed by atoms with E-state index in [1.54, 1.807) is 0 Å². The molecule has 0 atom stereocenters. The summed E-state index contributed by atoms with van der Waals surface area (Å²) in [6.07, 6.45) is 0.956. The molecular formula is C18H19FN2O4. The van der Waals surface area contributed by atoms with E-state index in [1.165, 1.54) is 30.5 Å². The number of carbonyl (C=O) groups excluding carboxylic acids is 1. The van der Waals surface area contributed by atoms with Gasteiger partial charge in [0.2, 0.25) is 5.91 Å². The third-order valence-corrected chi connectivity index (χ3v) is 3.59. The second-order valence-electron chi connectivity index (χ2n) is 6.67. The van der Waals surface area contributed by atoms with E-state index in [4.69, 9.17) is 5.11 Å². The van der Waals surface area contributed by atoms with Gasteiger partial charge in [0.15, 0.2) is 0 Å². The molecule has 0 radical (unpaired) electrons.